The molecule has 0 aromatic rings. The summed E-state index contributed by atoms with van der Waals surface area (Å²) in [6.07, 6.45) is 65.5. The molecule has 0 saturated carbocycles. The van der Waals surface area contributed by atoms with E-state index in [-0.39, 0.29) is 18.5 Å². The van der Waals surface area contributed by atoms with Crippen molar-refractivity contribution in [1.29, 1.82) is 0 Å². The molecule has 0 aliphatic heterocycles. The van der Waals surface area contributed by atoms with E-state index in [4.69, 9.17) is 4.74 Å². The number of hydrogen-bond donors (Lipinski definition) is 3. The third-order valence-corrected chi connectivity index (χ3v) is 12.9. The molecule has 6 heteroatoms. The van der Waals surface area contributed by atoms with Gasteiger partial charge in [0.05, 0.1) is 25.4 Å². The minimum atomic E-state index is -0.682. The van der Waals surface area contributed by atoms with Crippen LogP contribution in [-0.4, -0.2) is 47.4 Å². The van der Waals surface area contributed by atoms with Crippen LogP contribution < -0.4 is 5.32 Å². The lowest BCUT2D eigenvalue weighted by atomic mass is 10.0. The summed E-state index contributed by atoms with van der Waals surface area (Å²) in [5, 5.41) is 23.2. The van der Waals surface area contributed by atoms with Crippen LogP contribution in [0.25, 0.3) is 0 Å². The Kier molecular flexibility index (Phi) is 52.1. The fourth-order valence-corrected chi connectivity index (χ4v) is 8.55. The molecule has 64 heavy (non-hydrogen) atoms. The maximum atomic E-state index is 12.5. The molecular weight excluding hydrogens is 791 g/mol. The molecular formula is C58H109NO5. The topological polar surface area (TPSA) is 95.9 Å². The third kappa shape index (κ3) is 49.5. The van der Waals surface area contributed by atoms with Gasteiger partial charge < -0.3 is 20.3 Å². The predicted molar refractivity (Wildman–Crippen MR) is 278 cm³/mol. The molecule has 0 spiro atoms. The number of amides is 1. The van der Waals surface area contributed by atoms with E-state index in [2.05, 4.69) is 55.6 Å². The van der Waals surface area contributed by atoms with Gasteiger partial charge in [0.25, 0.3) is 0 Å². The van der Waals surface area contributed by atoms with Gasteiger partial charge in [-0.3, -0.25) is 9.59 Å². The summed E-state index contributed by atoms with van der Waals surface area (Å²) in [7, 11) is 0. The molecule has 6 nitrogen and oxygen atoms in total. The maximum absolute atomic E-state index is 12.5. The number of esters is 1. The first-order chi connectivity index (χ1) is 31.5. The molecule has 3 N–H and O–H groups in total. The molecule has 0 bridgehead atoms. The standard InChI is InChI=1S/C58H109NO5/c1-3-5-7-9-11-13-15-17-19-20-21-22-24-28-32-36-40-44-48-52-58(63)64-53-49-45-41-37-33-29-25-27-31-35-39-43-47-51-57(62)59-55(54-60)56(61)50-46-42-38-34-30-26-23-18-16-14-12-10-8-6-4-2/h11,13,17,19,27,31,55-56,60-61H,3-10,12,14-16,18,20-26,28-30,32-54H2,1-2H3,(H,59,62)/b13-11-,19-17-,31-27-. The van der Waals surface area contributed by atoms with Gasteiger partial charge in [-0.05, 0) is 83.5 Å². The van der Waals surface area contributed by atoms with Gasteiger partial charge in [-0.2, -0.15) is 0 Å². The van der Waals surface area contributed by atoms with Gasteiger partial charge in [-0.25, -0.2) is 0 Å². The molecule has 0 heterocycles. The smallest absolute Gasteiger partial charge is 0.305 e. The number of carbonyl (C=O) groups is 2. The van der Waals surface area contributed by atoms with E-state index in [1.54, 1.807) is 0 Å². The quantitative estimate of drug-likeness (QED) is 0.0321. The summed E-state index contributed by atoms with van der Waals surface area (Å²) in [5.41, 5.74) is 0. The number of allylic oxidation sites excluding steroid dienone is 6. The van der Waals surface area contributed by atoms with E-state index in [9.17, 15) is 19.8 Å². The summed E-state index contributed by atoms with van der Waals surface area (Å²) < 4.78 is 5.47. The highest BCUT2D eigenvalue weighted by molar-refractivity contribution is 5.76. The Bertz CT molecular complexity index is 1040. The Morgan fingerprint density at radius 3 is 1.25 bits per heavy atom. The number of hydrogen-bond acceptors (Lipinski definition) is 5. The van der Waals surface area contributed by atoms with Gasteiger partial charge in [0.2, 0.25) is 5.91 Å². The largest absolute Gasteiger partial charge is 0.466 e. The minimum absolute atomic E-state index is 0.0164. The Hall–Kier alpha value is -1.92. The van der Waals surface area contributed by atoms with E-state index in [0.29, 0.717) is 25.9 Å². The van der Waals surface area contributed by atoms with Crippen LogP contribution >= 0.6 is 0 Å². The predicted octanol–water partition coefficient (Wildman–Crippen LogP) is 17.2. The lowest BCUT2D eigenvalue weighted by molar-refractivity contribution is -0.143. The van der Waals surface area contributed by atoms with Crippen molar-refractivity contribution in [3.05, 3.63) is 36.5 Å². The number of aliphatic hydroxyl groups excluding tert-OH is 2. The summed E-state index contributed by atoms with van der Waals surface area (Å²) in [4.78, 5) is 24.5. The van der Waals surface area contributed by atoms with Crippen molar-refractivity contribution in [3.63, 3.8) is 0 Å². The Morgan fingerprint density at radius 1 is 0.438 bits per heavy atom. The zero-order valence-corrected chi connectivity index (χ0v) is 42.8. The second-order valence-corrected chi connectivity index (χ2v) is 19.3. The molecule has 0 fully saturated rings. The first-order valence-corrected chi connectivity index (χ1v) is 28.2. The van der Waals surface area contributed by atoms with Crippen molar-refractivity contribution in [2.45, 2.75) is 309 Å². The SMILES string of the molecule is CCCCC/C=C\C/C=C\CCCCCCCCCCCC(=O)OCCCCCCCC/C=C\CCCCCC(=O)NC(CO)C(O)CCCCCCCCCCCCCCCCC. The van der Waals surface area contributed by atoms with Gasteiger partial charge in [0.1, 0.15) is 0 Å². The average molecular weight is 901 g/mol. The normalized spacial score (nSPS) is 12.9. The van der Waals surface area contributed by atoms with Crippen molar-refractivity contribution in [3.8, 4) is 0 Å². The zero-order chi connectivity index (χ0) is 46.5. The van der Waals surface area contributed by atoms with Crippen LogP contribution in [0.15, 0.2) is 36.5 Å². The molecule has 0 aromatic carbocycles. The highest BCUT2D eigenvalue weighted by Gasteiger charge is 2.20. The maximum Gasteiger partial charge on any atom is 0.305 e. The van der Waals surface area contributed by atoms with Crippen LogP contribution in [-0.2, 0) is 14.3 Å². The molecule has 0 radical (unpaired) electrons. The molecule has 1 amide bonds. The van der Waals surface area contributed by atoms with Crippen molar-refractivity contribution in [2.24, 2.45) is 0 Å². The summed E-state index contributed by atoms with van der Waals surface area (Å²) in [6.45, 7) is 4.89. The van der Waals surface area contributed by atoms with Gasteiger partial charge >= 0.3 is 5.97 Å². The monoisotopic (exact) mass is 900 g/mol. The molecule has 0 rings (SSSR count). The fraction of sp³-hybridized carbons (Fsp3) is 0.862. The summed E-state index contributed by atoms with van der Waals surface area (Å²) >= 11 is 0. The number of ether oxygens (including phenoxy) is 1. The van der Waals surface area contributed by atoms with E-state index >= 15 is 0 Å². The molecule has 376 valence electrons. The average Bonchev–Trinajstić information content (AvgIpc) is 3.29. The lowest BCUT2D eigenvalue weighted by Crippen LogP contribution is -2.45. The number of carbonyl (C=O) groups excluding carboxylic acids is 2. The highest BCUT2D eigenvalue weighted by Crippen LogP contribution is 2.16. The van der Waals surface area contributed by atoms with Crippen molar-refractivity contribution >= 4 is 11.9 Å². The van der Waals surface area contributed by atoms with Gasteiger partial charge in [0, 0.05) is 12.8 Å². The second kappa shape index (κ2) is 53.7. The first kappa shape index (κ1) is 62.1. The van der Waals surface area contributed by atoms with Gasteiger partial charge in [-0.15, -0.1) is 0 Å². The zero-order valence-electron chi connectivity index (χ0n) is 42.8. The van der Waals surface area contributed by atoms with Crippen molar-refractivity contribution in [2.75, 3.05) is 13.2 Å². The van der Waals surface area contributed by atoms with Crippen LogP contribution in [0.1, 0.15) is 296 Å². The van der Waals surface area contributed by atoms with E-state index in [1.165, 1.54) is 186 Å². The fourth-order valence-electron chi connectivity index (χ4n) is 8.55. The van der Waals surface area contributed by atoms with Crippen molar-refractivity contribution < 1.29 is 24.5 Å². The number of unbranched alkanes of at least 4 members (excludes halogenated alkanes) is 35. The van der Waals surface area contributed by atoms with Crippen LogP contribution in [0.5, 0.6) is 0 Å². The third-order valence-electron chi connectivity index (χ3n) is 12.9. The molecule has 0 aliphatic carbocycles. The lowest BCUT2D eigenvalue weighted by Gasteiger charge is -2.22. The second-order valence-electron chi connectivity index (χ2n) is 19.3. The molecule has 0 saturated heterocycles. The van der Waals surface area contributed by atoms with Crippen LogP contribution in [0.4, 0.5) is 0 Å². The first-order valence-electron chi connectivity index (χ1n) is 28.2. The van der Waals surface area contributed by atoms with Crippen LogP contribution in [0, 0.1) is 0 Å². The Morgan fingerprint density at radius 2 is 0.781 bits per heavy atom. The summed E-state index contributed by atoms with van der Waals surface area (Å²) in [6, 6.07) is -0.562. The Labute approximate surface area is 398 Å². The van der Waals surface area contributed by atoms with Crippen LogP contribution in [0.2, 0.25) is 0 Å². The molecule has 2 unspecified atom stereocenters. The molecule has 0 aromatic heterocycles. The van der Waals surface area contributed by atoms with Crippen LogP contribution in [0.3, 0.4) is 0 Å². The van der Waals surface area contributed by atoms with E-state index < -0.39 is 12.1 Å². The van der Waals surface area contributed by atoms with E-state index in [0.717, 1.165) is 77.0 Å². The van der Waals surface area contributed by atoms with Crippen molar-refractivity contribution in [1.82, 2.24) is 5.32 Å². The highest BCUT2D eigenvalue weighted by atomic mass is 16.5. The van der Waals surface area contributed by atoms with Gasteiger partial charge in [0.15, 0.2) is 0 Å². The summed E-state index contributed by atoms with van der Waals surface area (Å²) in [5.74, 6) is -0.0810. The van der Waals surface area contributed by atoms with Gasteiger partial charge in [-0.1, -0.05) is 237 Å². The molecule has 2 atom stereocenters. The number of aliphatic hydroxyl groups is 2. The number of rotatable bonds is 52. The molecule has 0 aliphatic rings. The minimum Gasteiger partial charge on any atom is -0.466 e. The van der Waals surface area contributed by atoms with E-state index in [1.807, 2.05) is 0 Å². The Balaban J connectivity index is 3.48. The number of nitrogens with one attached hydrogen (secondary N) is 1.